The highest BCUT2D eigenvalue weighted by Crippen LogP contribution is 2.22. The molecule has 0 heterocycles. The second kappa shape index (κ2) is 5.64. The summed E-state index contributed by atoms with van der Waals surface area (Å²) in [6.45, 7) is 1.56. The fourth-order valence-corrected chi connectivity index (χ4v) is 2.14. The van der Waals surface area contributed by atoms with Crippen molar-refractivity contribution >= 4 is 40.1 Å². The first kappa shape index (κ1) is 11.9. The van der Waals surface area contributed by atoms with Crippen molar-refractivity contribution in [1.82, 2.24) is 0 Å². The SMILES string of the molecule is CC(=O)SCCc1ccc(Cl)cc1Cl. The molecule has 76 valence electrons. The van der Waals surface area contributed by atoms with Crippen molar-refractivity contribution in [3.8, 4) is 0 Å². The van der Waals surface area contributed by atoms with Gasteiger partial charge in [0.25, 0.3) is 0 Å². The van der Waals surface area contributed by atoms with E-state index in [-0.39, 0.29) is 5.12 Å². The van der Waals surface area contributed by atoms with Gasteiger partial charge < -0.3 is 0 Å². The van der Waals surface area contributed by atoms with Crippen molar-refractivity contribution in [3.63, 3.8) is 0 Å². The van der Waals surface area contributed by atoms with Crippen LogP contribution in [0, 0.1) is 0 Å². The van der Waals surface area contributed by atoms with E-state index in [1.54, 1.807) is 19.1 Å². The summed E-state index contributed by atoms with van der Waals surface area (Å²) >= 11 is 13.0. The Morgan fingerprint density at radius 3 is 2.71 bits per heavy atom. The minimum Gasteiger partial charge on any atom is -0.288 e. The molecule has 0 bridgehead atoms. The molecule has 4 heteroatoms. The summed E-state index contributed by atoms with van der Waals surface area (Å²) in [7, 11) is 0. The Morgan fingerprint density at radius 2 is 2.14 bits per heavy atom. The molecule has 0 radical (unpaired) electrons. The van der Waals surface area contributed by atoms with Gasteiger partial charge in [0, 0.05) is 22.7 Å². The van der Waals surface area contributed by atoms with Crippen LogP contribution in [-0.2, 0) is 11.2 Å². The summed E-state index contributed by atoms with van der Waals surface area (Å²) < 4.78 is 0. The minimum absolute atomic E-state index is 0.134. The van der Waals surface area contributed by atoms with Crippen LogP contribution in [0.4, 0.5) is 0 Å². The van der Waals surface area contributed by atoms with E-state index in [1.165, 1.54) is 11.8 Å². The van der Waals surface area contributed by atoms with Gasteiger partial charge in [-0.25, -0.2) is 0 Å². The average Bonchev–Trinajstić information content (AvgIpc) is 2.08. The van der Waals surface area contributed by atoms with Gasteiger partial charge in [0.15, 0.2) is 5.12 Å². The lowest BCUT2D eigenvalue weighted by molar-refractivity contribution is -0.109. The molecule has 1 rings (SSSR count). The third kappa shape index (κ3) is 3.91. The molecule has 0 aliphatic carbocycles. The number of thioether (sulfide) groups is 1. The van der Waals surface area contributed by atoms with Gasteiger partial charge in [0.1, 0.15) is 0 Å². The molecule has 0 spiro atoms. The number of aryl methyl sites for hydroxylation is 1. The monoisotopic (exact) mass is 248 g/mol. The lowest BCUT2D eigenvalue weighted by Crippen LogP contribution is -1.92. The Balaban J connectivity index is 2.55. The van der Waals surface area contributed by atoms with Crippen molar-refractivity contribution in [2.45, 2.75) is 13.3 Å². The third-order valence-corrected chi connectivity index (χ3v) is 3.09. The molecule has 1 aromatic rings. The fraction of sp³-hybridized carbons (Fsp3) is 0.300. The van der Waals surface area contributed by atoms with E-state index < -0.39 is 0 Å². The average molecular weight is 249 g/mol. The van der Waals surface area contributed by atoms with E-state index in [0.717, 1.165) is 17.7 Å². The first-order valence-corrected chi connectivity index (χ1v) is 5.91. The van der Waals surface area contributed by atoms with E-state index in [1.807, 2.05) is 6.07 Å². The van der Waals surface area contributed by atoms with Crippen LogP contribution in [0.5, 0.6) is 0 Å². The van der Waals surface area contributed by atoms with E-state index in [2.05, 4.69) is 0 Å². The van der Waals surface area contributed by atoms with Crippen LogP contribution in [0.2, 0.25) is 10.0 Å². The van der Waals surface area contributed by atoms with Gasteiger partial charge in [0.05, 0.1) is 0 Å². The molecule has 1 nitrogen and oxygen atoms in total. The summed E-state index contributed by atoms with van der Waals surface area (Å²) in [5.41, 5.74) is 1.03. The molecule has 0 aromatic heterocycles. The molecule has 0 saturated heterocycles. The molecule has 0 amide bonds. The number of benzene rings is 1. The van der Waals surface area contributed by atoms with Crippen LogP contribution in [0.3, 0.4) is 0 Å². The predicted molar refractivity (Wildman–Crippen MR) is 63.3 cm³/mol. The number of hydrogen-bond acceptors (Lipinski definition) is 2. The van der Waals surface area contributed by atoms with Gasteiger partial charge in [-0.3, -0.25) is 4.79 Å². The molecule has 1 aromatic carbocycles. The molecule has 0 N–H and O–H groups in total. The van der Waals surface area contributed by atoms with Crippen LogP contribution < -0.4 is 0 Å². The largest absolute Gasteiger partial charge is 0.288 e. The quantitative estimate of drug-likeness (QED) is 0.810. The number of carbonyl (C=O) groups is 1. The topological polar surface area (TPSA) is 17.1 Å². The molecule has 0 fully saturated rings. The second-order valence-electron chi connectivity index (χ2n) is 2.83. The minimum atomic E-state index is 0.134. The van der Waals surface area contributed by atoms with Gasteiger partial charge in [-0.15, -0.1) is 0 Å². The summed E-state index contributed by atoms with van der Waals surface area (Å²) in [5.74, 6) is 0.761. The van der Waals surface area contributed by atoms with Crippen LogP contribution in [0.15, 0.2) is 18.2 Å². The third-order valence-electron chi connectivity index (χ3n) is 1.69. The first-order chi connectivity index (χ1) is 6.59. The van der Waals surface area contributed by atoms with E-state index in [0.29, 0.717) is 10.0 Å². The number of carbonyl (C=O) groups excluding carboxylic acids is 1. The van der Waals surface area contributed by atoms with Crippen LogP contribution in [-0.4, -0.2) is 10.9 Å². The molecule has 0 saturated carbocycles. The second-order valence-corrected chi connectivity index (χ2v) is 4.94. The van der Waals surface area contributed by atoms with Crippen LogP contribution in [0.25, 0.3) is 0 Å². The zero-order valence-corrected chi connectivity index (χ0v) is 10.0. The Kier molecular flexibility index (Phi) is 4.79. The van der Waals surface area contributed by atoms with E-state index in [4.69, 9.17) is 23.2 Å². The number of halogens is 2. The van der Waals surface area contributed by atoms with Gasteiger partial charge in [-0.05, 0) is 24.1 Å². The summed E-state index contributed by atoms with van der Waals surface area (Å²) in [4.78, 5) is 10.7. The summed E-state index contributed by atoms with van der Waals surface area (Å²) in [6, 6.07) is 5.42. The number of hydrogen-bond donors (Lipinski definition) is 0. The van der Waals surface area contributed by atoms with Crippen LogP contribution in [0.1, 0.15) is 12.5 Å². The van der Waals surface area contributed by atoms with Gasteiger partial charge in [-0.1, -0.05) is 41.0 Å². The Morgan fingerprint density at radius 1 is 1.43 bits per heavy atom. The smallest absolute Gasteiger partial charge is 0.185 e. The molecular weight excluding hydrogens is 239 g/mol. The lowest BCUT2D eigenvalue weighted by Gasteiger charge is -2.03. The van der Waals surface area contributed by atoms with E-state index in [9.17, 15) is 4.79 Å². The maximum Gasteiger partial charge on any atom is 0.185 e. The zero-order valence-electron chi connectivity index (χ0n) is 7.72. The molecule has 0 aliphatic rings. The highest BCUT2D eigenvalue weighted by molar-refractivity contribution is 8.13. The summed E-state index contributed by atoms with van der Waals surface area (Å²) in [6.07, 6.45) is 0.792. The van der Waals surface area contributed by atoms with E-state index >= 15 is 0 Å². The molecular formula is C10H10Cl2OS. The first-order valence-electron chi connectivity index (χ1n) is 4.17. The molecule has 14 heavy (non-hydrogen) atoms. The molecule has 0 aliphatic heterocycles. The van der Waals surface area contributed by atoms with Crippen molar-refractivity contribution in [2.24, 2.45) is 0 Å². The van der Waals surface area contributed by atoms with Gasteiger partial charge in [0.2, 0.25) is 0 Å². The maximum absolute atomic E-state index is 10.7. The Hall–Kier alpha value is -0.180. The maximum atomic E-state index is 10.7. The Labute approximate surface area is 97.8 Å². The normalized spacial score (nSPS) is 10.2. The lowest BCUT2D eigenvalue weighted by atomic mass is 10.2. The van der Waals surface area contributed by atoms with Crippen molar-refractivity contribution in [1.29, 1.82) is 0 Å². The van der Waals surface area contributed by atoms with Gasteiger partial charge in [-0.2, -0.15) is 0 Å². The number of rotatable bonds is 3. The summed E-state index contributed by atoms with van der Waals surface area (Å²) in [5, 5.41) is 1.44. The molecule has 0 atom stereocenters. The Bertz CT molecular complexity index is 339. The highest BCUT2D eigenvalue weighted by atomic mass is 35.5. The fourth-order valence-electron chi connectivity index (χ4n) is 1.03. The predicted octanol–water partition coefficient (Wildman–Crippen LogP) is 3.82. The zero-order chi connectivity index (χ0) is 10.6. The van der Waals surface area contributed by atoms with Crippen molar-refractivity contribution in [3.05, 3.63) is 33.8 Å². The van der Waals surface area contributed by atoms with Crippen molar-refractivity contribution in [2.75, 3.05) is 5.75 Å². The highest BCUT2D eigenvalue weighted by Gasteiger charge is 2.02. The standard InChI is InChI=1S/C10H10Cl2OS/c1-7(13)14-5-4-8-2-3-9(11)6-10(8)12/h2-3,6H,4-5H2,1H3. The van der Waals surface area contributed by atoms with Crippen molar-refractivity contribution < 1.29 is 4.79 Å². The van der Waals surface area contributed by atoms with Gasteiger partial charge >= 0.3 is 0 Å². The molecule has 0 unspecified atom stereocenters. The van der Waals surface area contributed by atoms with Crippen LogP contribution >= 0.6 is 35.0 Å².